The monoisotopic (exact) mass is 568 g/mol. The molecule has 220 valence electrons. The molecule has 41 heavy (non-hydrogen) atoms. The van der Waals surface area contributed by atoms with Gasteiger partial charge in [-0.05, 0) is 47.9 Å². The van der Waals surface area contributed by atoms with Crippen LogP contribution in [0.5, 0.6) is 11.5 Å². The van der Waals surface area contributed by atoms with Crippen LogP contribution in [0.15, 0.2) is 24.5 Å². The molecule has 15 nitrogen and oxygen atoms in total. The highest BCUT2D eigenvalue weighted by Gasteiger charge is 2.27. The quantitative estimate of drug-likeness (QED) is 0.442. The maximum Gasteiger partial charge on any atom is 0.251 e. The zero-order valence-corrected chi connectivity index (χ0v) is 23.7. The fraction of sp³-hybridized carbons (Fsp3) is 0.538. The lowest BCUT2D eigenvalue weighted by Gasteiger charge is -2.26. The molecule has 1 atom stereocenters. The second-order valence-electron chi connectivity index (χ2n) is 9.99. The molecule has 2 aromatic heterocycles. The molecule has 15 heteroatoms. The number of nitrogens with zero attached hydrogens (tertiary/aromatic N) is 8. The van der Waals surface area contributed by atoms with E-state index in [1.54, 1.807) is 29.8 Å². The van der Waals surface area contributed by atoms with Gasteiger partial charge in [0.05, 0.1) is 32.8 Å². The molecule has 0 unspecified atom stereocenters. The van der Waals surface area contributed by atoms with E-state index < -0.39 is 6.04 Å². The van der Waals surface area contributed by atoms with Gasteiger partial charge in [0, 0.05) is 25.1 Å². The first-order valence-corrected chi connectivity index (χ1v) is 13.5. The Balaban J connectivity index is 1.59. The van der Waals surface area contributed by atoms with E-state index in [1.165, 1.54) is 23.0 Å². The second kappa shape index (κ2) is 13.7. The lowest BCUT2D eigenvalue weighted by Crippen LogP contribution is -2.44. The number of rotatable bonds is 5. The number of nitrogens with one attached hydrogen (secondary N) is 2. The first-order valence-electron chi connectivity index (χ1n) is 13.5. The van der Waals surface area contributed by atoms with Crippen molar-refractivity contribution in [2.24, 2.45) is 5.92 Å². The van der Waals surface area contributed by atoms with Crippen LogP contribution in [-0.2, 0) is 22.7 Å². The van der Waals surface area contributed by atoms with E-state index in [-0.39, 0.29) is 56.3 Å². The van der Waals surface area contributed by atoms with Gasteiger partial charge in [-0.3, -0.25) is 14.4 Å². The van der Waals surface area contributed by atoms with E-state index in [0.29, 0.717) is 48.2 Å². The molecule has 0 saturated carbocycles. The summed E-state index contributed by atoms with van der Waals surface area (Å²) >= 11 is 0. The highest BCUT2D eigenvalue weighted by Crippen LogP contribution is 2.28. The van der Waals surface area contributed by atoms with Gasteiger partial charge < -0.3 is 25.0 Å². The Hall–Kier alpha value is -4.56. The van der Waals surface area contributed by atoms with Crippen LogP contribution in [-0.4, -0.2) is 90.9 Å². The number of benzene rings is 1. The van der Waals surface area contributed by atoms with E-state index >= 15 is 0 Å². The third-order valence-corrected chi connectivity index (χ3v) is 6.58. The van der Waals surface area contributed by atoms with Crippen molar-refractivity contribution in [2.45, 2.75) is 52.7 Å². The molecule has 0 radical (unpaired) electrons. The minimum absolute atomic E-state index is 0.0104. The molecule has 0 saturated heterocycles. The minimum Gasteiger partial charge on any atom is -0.493 e. The average molecular weight is 569 g/mol. The lowest BCUT2D eigenvalue weighted by atomic mass is 10.0. The number of tetrazole rings is 1. The highest BCUT2D eigenvalue weighted by atomic mass is 16.5. The van der Waals surface area contributed by atoms with Crippen LogP contribution in [0, 0.1) is 12.8 Å². The van der Waals surface area contributed by atoms with Crippen molar-refractivity contribution >= 4 is 17.7 Å². The van der Waals surface area contributed by atoms with Crippen molar-refractivity contribution in [1.29, 1.82) is 0 Å². The largest absolute Gasteiger partial charge is 0.493 e. The summed E-state index contributed by atoms with van der Waals surface area (Å²) in [5, 5.41) is 21.4. The van der Waals surface area contributed by atoms with E-state index in [0.717, 1.165) is 0 Å². The zero-order valence-electron chi connectivity index (χ0n) is 23.7. The van der Waals surface area contributed by atoms with Gasteiger partial charge in [-0.25, -0.2) is 14.3 Å². The summed E-state index contributed by atoms with van der Waals surface area (Å²) in [7, 11) is 1.53. The van der Waals surface area contributed by atoms with Crippen molar-refractivity contribution in [1.82, 2.24) is 50.5 Å². The first kappa shape index (κ1) is 29.4. The molecule has 3 amide bonds. The Kier molecular flexibility index (Phi) is 9.81. The molecule has 0 fully saturated rings. The fourth-order valence-electron chi connectivity index (χ4n) is 4.48. The smallest absolute Gasteiger partial charge is 0.251 e. The zero-order chi connectivity index (χ0) is 29.4. The summed E-state index contributed by atoms with van der Waals surface area (Å²) in [6.07, 6.45) is 1.98. The van der Waals surface area contributed by atoms with Gasteiger partial charge in [-0.2, -0.15) is 5.10 Å². The van der Waals surface area contributed by atoms with Crippen molar-refractivity contribution in [3.63, 3.8) is 0 Å². The summed E-state index contributed by atoms with van der Waals surface area (Å²) < 4.78 is 14.6. The van der Waals surface area contributed by atoms with E-state index in [4.69, 9.17) is 9.47 Å². The second-order valence-corrected chi connectivity index (χ2v) is 9.99. The number of amides is 3. The topological polar surface area (TPSA) is 171 Å². The summed E-state index contributed by atoms with van der Waals surface area (Å²) in [6, 6.07) is 4.53. The molecule has 1 aliphatic rings. The number of carbonyl (C=O) groups excluding carboxylic acids is 3. The van der Waals surface area contributed by atoms with Crippen molar-refractivity contribution < 1.29 is 23.9 Å². The third-order valence-electron chi connectivity index (χ3n) is 6.58. The third kappa shape index (κ3) is 7.77. The number of methoxy groups -OCH3 is 1. The van der Waals surface area contributed by atoms with Crippen LogP contribution in [0.3, 0.4) is 0 Å². The molecular formula is C26H36N10O5. The van der Waals surface area contributed by atoms with Gasteiger partial charge in [-0.15, -0.1) is 5.10 Å². The summed E-state index contributed by atoms with van der Waals surface area (Å²) in [5.41, 5.74) is 0.410. The SMILES string of the molecule is COc1ccc2cc1OCCn1nc(C)nc1[C@H](C(C)C)NC(=O)CN(C(=O)CCn1cnnn1)CCCNC2=O. The van der Waals surface area contributed by atoms with Crippen LogP contribution in [0.25, 0.3) is 0 Å². The molecule has 0 spiro atoms. The number of hydrogen-bond acceptors (Lipinski definition) is 10. The fourth-order valence-corrected chi connectivity index (χ4v) is 4.48. The van der Waals surface area contributed by atoms with Crippen LogP contribution < -0.4 is 20.1 Å². The molecular weight excluding hydrogens is 532 g/mol. The first-order chi connectivity index (χ1) is 19.7. The van der Waals surface area contributed by atoms with E-state index in [2.05, 4.69) is 36.2 Å². The van der Waals surface area contributed by atoms with Crippen molar-refractivity contribution in [3.05, 3.63) is 41.7 Å². The van der Waals surface area contributed by atoms with Gasteiger partial charge in [0.15, 0.2) is 11.5 Å². The Morgan fingerprint density at radius 2 is 2.07 bits per heavy atom. The highest BCUT2D eigenvalue weighted by molar-refractivity contribution is 5.94. The van der Waals surface area contributed by atoms with Gasteiger partial charge in [0.2, 0.25) is 11.8 Å². The Bertz CT molecular complexity index is 1340. The molecule has 2 N–H and O–H groups in total. The predicted octanol–water partition coefficient (Wildman–Crippen LogP) is 0.526. The number of ether oxygens (including phenoxy) is 2. The molecule has 0 aliphatic carbocycles. The van der Waals surface area contributed by atoms with Gasteiger partial charge in [-0.1, -0.05) is 13.8 Å². The summed E-state index contributed by atoms with van der Waals surface area (Å²) in [4.78, 5) is 45.4. The Morgan fingerprint density at radius 1 is 1.24 bits per heavy atom. The van der Waals surface area contributed by atoms with Gasteiger partial charge in [0.1, 0.15) is 24.6 Å². The Morgan fingerprint density at radius 3 is 2.80 bits per heavy atom. The normalized spacial score (nSPS) is 17.1. The predicted molar refractivity (Wildman–Crippen MR) is 145 cm³/mol. The molecule has 3 aromatic rings. The molecule has 1 aromatic carbocycles. The van der Waals surface area contributed by atoms with Gasteiger partial charge >= 0.3 is 0 Å². The van der Waals surface area contributed by atoms with Crippen LogP contribution in [0.2, 0.25) is 0 Å². The number of aryl methyl sites for hydroxylation is 2. The van der Waals surface area contributed by atoms with Crippen molar-refractivity contribution in [2.75, 3.05) is 33.4 Å². The molecule has 3 heterocycles. The van der Waals surface area contributed by atoms with E-state index in [1.807, 2.05) is 13.8 Å². The summed E-state index contributed by atoms with van der Waals surface area (Å²) in [5.74, 6) is 1.21. The number of fused-ring (bicyclic) bond motifs is 3. The maximum atomic E-state index is 13.3. The maximum absolute atomic E-state index is 13.3. The summed E-state index contributed by atoms with van der Waals surface area (Å²) in [6.45, 7) is 7.01. The van der Waals surface area contributed by atoms with E-state index in [9.17, 15) is 14.4 Å². The van der Waals surface area contributed by atoms with Gasteiger partial charge in [0.25, 0.3) is 5.91 Å². The van der Waals surface area contributed by atoms with Crippen LogP contribution >= 0.6 is 0 Å². The van der Waals surface area contributed by atoms with Crippen molar-refractivity contribution in [3.8, 4) is 11.5 Å². The molecule has 4 rings (SSSR count). The number of carbonyl (C=O) groups is 3. The number of hydrogen-bond donors (Lipinski definition) is 2. The van der Waals surface area contributed by atoms with Crippen LogP contribution in [0.1, 0.15) is 54.7 Å². The lowest BCUT2D eigenvalue weighted by molar-refractivity contribution is -0.136. The van der Waals surface area contributed by atoms with Crippen LogP contribution in [0.4, 0.5) is 0 Å². The molecule has 1 aliphatic heterocycles. The number of aromatic nitrogens is 7. The molecule has 2 bridgehead atoms. The minimum atomic E-state index is -0.446. The Labute approximate surface area is 237 Å². The standard InChI is InChI=1S/C26H36N10O5/c1-17(2)24-25-29-18(3)31-36(25)12-13-41-21-14-19(6-7-20(21)40-4)26(39)27-9-5-10-34(15-22(37)30-24)23(38)8-11-35-16-28-32-33-35/h6-7,14,16-17,24H,5,8-13,15H2,1-4H3,(H,27,39)(H,30,37)/t24-/m0/s1. The average Bonchev–Trinajstić information content (AvgIpc) is 3.60.